The second-order valence-electron chi connectivity index (χ2n) is 9.06. The normalized spacial score (nSPS) is 13.7. The Morgan fingerprint density at radius 3 is 2.42 bits per heavy atom. The number of pyridine rings is 1. The molecular formula is C28H33ClN4O3. The Hall–Kier alpha value is -3.42. The van der Waals surface area contributed by atoms with Crippen LogP contribution in [0.1, 0.15) is 45.7 Å². The fourth-order valence-electron chi connectivity index (χ4n) is 4.24. The molecule has 2 aromatic carbocycles. The first-order chi connectivity index (χ1) is 16.9. The van der Waals surface area contributed by atoms with Crippen LogP contribution in [-0.2, 0) is 11.3 Å². The van der Waals surface area contributed by atoms with Gasteiger partial charge in [0.15, 0.2) is 0 Å². The summed E-state index contributed by atoms with van der Waals surface area (Å²) in [6.07, 6.45) is 1.54. The fourth-order valence-corrected chi connectivity index (χ4v) is 4.24. The minimum atomic E-state index is -0.338. The van der Waals surface area contributed by atoms with Crippen molar-refractivity contribution in [3.8, 4) is 0 Å². The van der Waals surface area contributed by atoms with Crippen molar-refractivity contribution in [1.29, 1.82) is 0 Å². The van der Waals surface area contributed by atoms with E-state index in [0.717, 1.165) is 49.5 Å². The van der Waals surface area contributed by atoms with Crippen LogP contribution in [0.5, 0.6) is 0 Å². The van der Waals surface area contributed by atoms with Gasteiger partial charge in [-0.3, -0.25) is 9.69 Å². The van der Waals surface area contributed by atoms with Crippen LogP contribution >= 0.6 is 12.4 Å². The smallest absolute Gasteiger partial charge is 0.342 e. The van der Waals surface area contributed by atoms with Gasteiger partial charge in [-0.1, -0.05) is 30.3 Å². The van der Waals surface area contributed by atoms with Gasteiger partial charge in [-0.25, -0.2) is 9.78 Å². The predicted octanol–water partition coefficient (Wildman–Crippen LogP) is 4.95. The van der Waals surface area contributed by atoms with Crippen LogP contribution in [0.2, 0.25) is 0 Å². The standard InChI is InChI=1S/C28H32N4O3.ClH/c1-20(2)35-28(34)25-12-7-13-29-26(25)32-16-14-31(15-17-32)19-22-9-6-10-23(18-22)30-27(33)24-11-5-4-8-21(24)3;/h4-13,18,20H,14-17,19H2,1-3H3,(H,30,33);1H. The molecular weight excluding hydrogens is 476 g/mol. The Kier molecular flexibility index (Phi) is 9.44. The van der Waals surface area contributed by atoms with E-state index in [1.54, 1.807) is 18.3 Å². The molecule has 0 aliphatic carbocycles. The maximum absolute atomic E-state index is 12.7. The number of ether oxygens (including phenoxy) is 1. The number of nitrogens with zero attached hydrogens (tertiary/aromatic N) is 3. The highest BCUT2D eigenvalue weighted by Crippen LogP contribution is 2.22. The number of esters is 1. The van der Waals surface area contributed by atoms with E-state index in [2.05, 4.69) is 26.2 Å². The van der Waals surface area contributed by atoms with Crippen molar-refractivity contribution in [2.24, 2.45) is 0 Å². The Balaban J connectivity index is 0.00000361. The molecule has 0 saturated carbocycles. The Labute approximate surface area is 218 Å². The summed E-state index contributed by atoms with van der Waals surface area (Å²) in [6, 6.07) is 19.1. The molecule has 2 heterocycles. The fraction of sp³-hybridized carbons (Fsp3) is 0.321. The van der Waals surface area contributed by atoms with Crippen molar-refractivity contribution >= 4 is 35.8 Å². The maximum atomic E-state index is 12.7. The molecule has 1 aliphatic heterocycles. The second kappa shape index (κ2) is 12.5. The van der Waals surface area contributed by atoms with Crippen molar-refractivity contribution < 1.29 is 14.3 Å². The molecule has 8 heteroatoms. The number of aryl methyl sites for hydroxylation is 1. The molecule has 1 fully saturated rings. The predicted molar refractivity (Wildman–Crippen MR) is 145 cm³/mol. The number of amides is 1. The van der Waals surface area contributed by atoms with E-state index in [9.17, 15) is 9.59 Å². The van der Waals surface area contributed by atoms with Crippen LogP contribution in [0.4, 0.5) is 11.5 Å². The van der Waals surface area contributed by atoms with Gasteiger partial charge in [-0.2, -0.15) is 0 Å². The molecule has 1 amide bonds. The first-order valence-corrected chi connectivity index (χ1v) is 12.0. The number of nitrogens with one attached hydrogen (secondary N) is 1. The van der Waals surface area contributed by atoms with Gasteiger partial charge in [0.2, 0.25) is 0 Å². The Bertz CT molecular complexity index is 1190. The summed E-state index contributed by atoms with van der Waals surface area (Å²) in [5, 5.41) is 3.02. The van der Waals surface area contributed by atoms with E-state index in [1.165, 1.54) is 0 Å². The van der Waals surface area contributed by atoms with Gasteiger partial charge in [0.25, 0.3) is 5.91 Å². The number of carbonyl (C=O) groups excluding carboxylic acids is 2. The molecule has 0 atom stereocenters. The van der Waals surface area contributed by atoms with E-state index < -0.39 is 0 Å². The van der Waals surface area contributed by atoms with E-state index in [-0.39, 0.29) is 30.4 Å². The first-order valence-electron chi connectivity index (χ1n) is 12.0. The van der Waals surface area contributed by atoms with Gasteiger partial charge in [0.05, 0.1) is 6.10 Å². The second-order valence-corrected chi connectivity index (χ2v) is 9.06. The van der Waals surface area contributed by atoms with Crippen LogP contribution in [0.15, 0.2) is 66.9 Å². The minimum Gasteiger partial charge on any atom is -0.459 e. The molecule has 0 radical (unpaired) electrons. The van der Waals surface area contributed by atoms with Crippen LogP contribution < -0.4 is 10.2 Å². The number of hydrogen-bond acceptors (Lipinski definition) is 6. The molecule has 1 saturated heterocycles. The number of rotatable bonds is 7. The first kappa shape index (κ1) is 27.2. The number of benzene rings is 2. The van der Waals surface area contributed by atoms with Gasteiger partial charge < -0.3 is 15.0 Å². The molecule has 1 N–H and O–H groups in total. The van der Waals surface area contributed by atoms with E-state index >= 15 is 0 Å². The van der Waals surface area contributed by atoms with Crippen LogP contribution in [-0.4, -0.2) is 54.0 Å². The molecule has 4 rings (SSSR count). The lowest BCUT2D eigenvalue weighted by Crippen LogP contribution is -2.46. The highest BCUT2D eigenvalue weighted by molar-refractivity contribution is 6.05. The zero-order chi connectivity index (χ0) is 24.8. The third-order valence-electron chi connectivity index (χ3n) is 6.00. The topological polar surface area (TPSA) is 74.8 Å². The molecule has 0 spiro atoms. The largest absolute Gasteiger partial charge is 0.459 e. The SMILES string of the molecule is Cc1ccccc1C(=O)Nc1cccc(CN2CCN(c3ncccc3C(=O)OC(C)C)CC2)c1.Cl. The van der Waals surface area contributed by atoms with Crippen LogP contribution in [0, 0.1) is 6.92 Å². The van der Waals surface area contributed by atoms with E-state index in [0.29, 0.717) is 16.9 Å². The molecule has 0 bridgehead atoms. The number of aromatic nitrogens is 1. The van der Waals surface area contributed by atoms with Crippen molar-refractivity contribution in [3.05, 3.63) is 89.1 Å². The molecule has 1 aliphatic rings. The zero-order valence-electron chi connectivity index (χ0n) is 20.9. The lowest BCUT2D eigenvalue weighted by molar-refractivity contribution is 0.0378. The maximum Gasteiger partial charge on any atom is 0.342 e. The average molecular weight is 509 g/mol. The molecule has 0 unspecified atom stereocenters. The lowest BCUT2D eigenvalue weighted by Gasteiger charge is -2.36. The summed E-state index contributed by atoms with van der Waals surface area (Å²) in [7, 11) is 0. The summed E-state index contributed by atoms with van der Waals surface area (Å²) in [6.45, 7) is 9.62. The highest BCUT2D eigenvalue weighted by Gasteiger charge is 2.24. The summed E-state index contributed by atoms with van der Waals surface area (Å²) in [5.74, 6) is 0.241. The highest BCUT2D eigenvalue weighted by atomic mass is 35.5. The minimum absolute atomic E-state index is 0. The Morgan fingerprint density at radius 1 is 0.972 bits per heavy atom. The molecule has 190 valence electrons. The quantitative estimate of drug-likeness (QED) is 0.455. The van der Waals surface area contributed by atoms with Gasteiger partial charge in [0, 0.05) is 50.2 Å². The molecule has 36 heavy (non-hydrogen) atoms. The Morgan fingerprint density at radius 2 is 1.69 bits per heavy atom. The number of halogens is 1. The van der Waals surface area contributed by atoms with Gasteiger partial charge >= 0.3 is 5.97 Å². The number of piperazine rings is 1. The third kappa shape index (κ3) is 6.83. The number of carbonyl (C=O) groups is 2. The van der Waals surface area contributed by atoms with Gasteiger partial charge in [-0.05, 0) is 62.2 Å². The van der Waals surface area contributed by atoms with Crippen molar-refractivity contribution in [3.63, 3.8) is 0 Å². The molecule has 7 nitrogen and oxygen atoms in total. The monoisotopic (exact) mass is 508 g/mol. The van der Waals surface area contributed by atoms with Crippen molar-refractivity contribution in [2.75, 3.05) is 36.4 Å². The van der Waals surface area contributed by atoms with Gasteiger partial charge in [0.1, 0.15) is 11.4 Å². The summed E-state index contributed by atoms with van der Waals surface area (Å²) in [4.78, 5) is 34.2. The number of hydrogen-bond donors (Lipinski definition) is 1. The lowest BCUT2D eigenvalue weighted by atomic mass is 10.1. The van der Waals surface area contributed by atoms with Crippen molar-refractivity contribution in [2.45, 2.75) is 33.4 Å². The molecule has 3 aromatic rings. The average Bonchev–Trinajstić information content (AvgIpc) is 2.84. The molecule has 1 aromatic heterocycles. The van der Waals surface area contributed by atoms with E-state index in [1.807, 2.05) is 63.2 Å². The summed E-state index contributed by atoms with van der Waals surface area (Å²) < 4.78 is 5.40. The number of anilines is 2. The van der Waals surface area contributed by atoms with E-state index in [4.69, 9.17) is 4.74 Å². The van der Waals surface area contributed by atoms with Crippen molar-refractivity contribution in [1.82, 2.24) is 9.88 Å². The van der Waals surface area contributed by atoms with Gasteiger partial charge in [-0.15, -0.1) is 12.4 Å². The summed E-state index contributed by atoms with van der Waals surface area (Å²) >= 11 is 0. The third-order valence-corrected chi connectivity index (χ3v) is 6.00. The van der Waals surface area contributed by atoms with Crippen LogP contribution in [0.3, 0.4) is 0 Å². The van der Waals surface area contributed by atoms with Crippen LogP contribution in [0.25, 0.3) is 0 Å². The summed E-state index contributed by atoms with van der Waals surface area (Å²) in [5.41, 5.74) is 4.07. The zero-order valence-corrected chi connectivity index (χ0v) is 21.8.